The van der Waals surface area contributed by atoms with E-state index in [-0.39, 0.29) is 5.91 Å². The van der Waals surface area contributed by atoms with E-state index in [9.17, 15) is 4.79 Å². The highest BCUT2D eigenvalue weighted by atomic mass is 32.1. The molecule has 112 valence electrons. The highest BCUT2D eigenvalue weighted by Crippen LogP contribution is 2.15. The first-order valence-corrected chi connectivity index (χ1v) is 8.19. The Bertz CT molecular complexity index is 610. The van der Waals surface area contributed by atoms with Crippen molar-refractivity contribution in [1.82, 2.24) is 14.4 Å². The largest absolute Gasteiger partial charge is 0.344 e. The fourth-order valence-corrected chi connectivity index (χ4v) is 3.47. The van der Waals surface area contributed by atoms with Gasteiger partial charge in [-0.3, -0.25) is 9.69 Å². The van der Waals surface area contributed by atoms with Gasteiger partial charge in [-0.25, -0.2) is 0 Å². The van der Waals surface area contributed by atoms with Crippen LogP contribution in [0.15, 0.2) is 29.6 Å². The average molecular weight is 303 g/mol. The number of piperazine rings is 1. The Morgan fingerprint density at radius 3 is 2.52 bits per heavy atom. The van der Waals surface area contributed by atoms with Crippen molar-refractivity contribution in [3.63, 3.8) is 0 Å². The average Bonchev–Trinajstić information content (AvgIpc) is 3.11. The minimum absolute atomic E-state index is 0.154. The molecule has 1 aliphatic heterocycles. The molecular formula is C16H21N3OS. The number of hydrogen-bond donors (Lipinski definition) is 0. The Kier molecular flexibility index (Phi) is 4.12. The van der Waals surface area contributed by atoms with Gasteiger partial charge in [-0.15, -0.1) is 11.3 Å². The summed E-state index contributed by atoms with van der Waals surface area (Å²) in [6.45, 7) is 6.56. The van der Waals surface area contributed by atoms with E-state index in [0.29, 0.717) is 0 Å². The Balaban J connectivity index is 1.58. The van der Waals surface area contributed by atoms with E-state index in [2.05, 4.69) is 22.4 Å². The second-order valence-corrected chi connectivity index (χ2v) is 6.60. The summed E-state index contributed by atoms with van der Waals surface area (Å²) in [6, 6.07) is 8.20. The van der Waals surface area contributed by atoms with Crippen molar-refractivity contribution in [2.75, 3.05) is 26.2 Å². The fraction of sp³-hybridized carbons (Fsp3) is 0.438. The molecule has 1 saturated heterocycles. The number of amides is 1. The van der Waals surface area contributed by atoms with Gasteiger partial charge in [0.05, 0.1) is 0 Å². The monoisotopic (exact) mass is 303 g/mol. The molecule has 0 aromatic carbocycles. The summed E-state index contributed by atoms with van der Waals surface area (Å²) in [5.41, 5.74) is 1.91. The normalized spacial score (nSPS) is 16.4. The van der Waals surface area contributed by atoms with E-state index in [1.165, 1.54) is 4.88 Å². The maximum atomic E-state index is 12.5. The predicted molar refractivity (Wildman–Crippen MR) is 85.6 cm³/mol. The Labute approximate surface area is 129 Å². The Hall–Kier alpha value is -1.59. The van der Waals surface area contributed by atoms with E-state index in [4.69, 9.17) is 0 Å². The summed E-state index contributed by atoms with van der Waals surface area (Å²) in [5.74, 6) is 0.154. The van der Waals surface area contributed by atoms with Gasteiger partial charge in [-0.2, -0.15) is 0 Å². The molecule has 0 unspecified atom stereocenters. The van der Waals surface area contributed by atoms with Gasteiger partial charge >= 0.3 is 0 Å². The molecule has 0 bridgehead atoms. The number of rotatable bonds is 3. The summed E-state index contributed by atoms with van der Waals surface area (Å²) in [7, 11) is 1.95. The molecule has 0 atom stereocenters. The van der Waals surface area contributed by atoms with Gasteiger partial charge in [0.1, 0.15) is 5.69 Å². The number of nitrogens with zero attached hydrogens (tertiary/aromatic N) is 3. The third kappa shape index (κ3) is 3.04. The van der Waals surface area contributed by atoms with E-state index in [1.807, 2.05) is 35.6 Å². The molecule has 2 aromatic heterocycles. The predicted octanol–water partition coefficient (Wildman–Crippen LogP) is 2.35. The molecule has 0 aliphatic carbocycles. The van der Waals surface area contributed by atoms with E-state index >= 15 is 0 Å². The van der Waals surface area contributed by atoms with Crippen molar-refractivity contribution in [3.05, 3.63) is 45.9 Å². The highest BCUT2D eigenvalue weighted by molar-refractivity contribution is 7.09. The fourth-order valence-electron chi connectivity index (χ4n) is 2.72. The summed E-state index contributed by atoms with van der Waals surface area (Å²) >= 11 is 1.80. The lowest BCUT2D eigenvalue weighted by molar-refractivity contribution is 0.0620. The lowest BCUT2D eigenvalue weighted by Gasteiger charge is -2.34. The van der Waals surface area contributed by atoms with Gasteiger partial charge in [0, 0.05) is 50.3 Å². The molecule has 2 aromatic rings. The molecule has 0 radical (unpaired) electrons. The van der Waals surface area contributed by atoms with Crippen LogP contribution >= 0.6 is 11.3 Å². The summed E-state index contributed by atoms with van der Waals surface area (Å²) in [5, 5.41) is 2.12. The van der Waals surface area contributed by atoms with Gasteiger partial charge in [-0.05, 0) is 30.5 Å². The topological polar surface area (TPSA) is 28.5 Å². The lowest BCUT2D eigenvalue weighted by atomic mass is 10.2. The molecule has 5 heteroatoms. The van der Waals surface area contributed by atoms with Gasteiger partial charge in [-0.1, -0.05) is 6.07 Å². The van der Waals surface area contributed by atoms with Crippen LogP contribution in [0.25, 0.3) is 0 Å². The van der Waals surface area contributed by atoms with Gasteiger partial charge in [0.2, 0.25) is 0 Å². The molecule has 1 aliphatic rings. The second kappa shape index (κ2) is 6.03. The minimum Gasteiger partial charge on any atom is -0.344 e. The first-order chi connectivity index (χ1) is 10.1. The first kappa shape index (κ1) is 14.4. The number of aromatic nitrogens is 1. The van der Waals surface area contributed by atoms with Crippen LogP contribution in [0.4, 0.5) is 0 Å². The number of carbonyl (C=O) groups is 1. The maximum Gasteiger partial charge on any atom is 0.270 e. The van der Waals surface area contributed by atoms with Gasteiger partial charge in [0.25, 0.3) is 5.91 Å². The van der Waals surface area contributed by atoms with Crippen LogP contribution in [0.2, 0.25) is 0 Å². The molecule has 3 heterocycles. The van der Waals surface area contributed by atoms with E-state index in [0.717, 1.165) is 44.1 Å². The Morgan fingerprint density at radius 1 is 1.19 bits per heavy atom. The summed E-state index contributed by atoms with van der Waals surface area (Å²) in [4.78, 5) is 18.3. The molecule has 0 saturated carbocycles. The SMILES string of the molecule is Cc1ccc(C(=O)N2CCN(Cc3cccs3)CC2)n1C. The van der Waals surface area contributed by atoms with Crippen molar-refractivity contribution in [2.45, 2.75) is 13.5 Å². The molecule has 3 rings (SSSR count). The number of carbonyl (C=O) groups excluding carboxylic acids is 1. The molecule has 21 heavy (non-hydrogen) atoms. The van der Waals surface area contributed by atoms with Crippen LogP contribution in [0.1, 0.15) is 21.1 Å². The quantitative estimate of drug-likeness (QED) is 0.871. The standard InChI is InChI=1S/C16H21N3OS/c1-13-5-6-15(17(13)2)16(20)19-9-7-18(8-10-19)12-14-4-3-11-21-14/h3-6,11H,7-10,12H2,1-2H3. The third-order valence-corrected chi connectivity index (χ3v) is 5.07. The van der Waals surface area contributed by atoms with Crippen LogP contribution in [0, 0.1) is 6.92 Å². The molecule has 4 nitrogen and oxygen atoms in total. The number of aryl methyl sites for hydroxylation is 1. The third-order valence-electron chi connectivity index (χ3n) is 4.21. The zero-order valence-corrected chi connectivity index (χ0v) is 13.4. The Morgan fingerprint density at radius 2 is 1.95 bits per heavy atom. The number of hydrogen-bond acceptors (Lipinski definition) is 3. The molecule has 1 fully saturated rings. The molecular weight excluding hydrogens is 282 g/mol. The molecule has 0 spiro atoms. The zero-order chi connectivity index (χ0) is 14.8. The van der Waals surface area contributed by atoms with Crippen LogP contribution in [-0.4, -0.2) is 46.5 Å². The second-order valence-electron chi connectivity index (χ2n) is 5.57. The highest BCUT2D eigenvalue weighted by Gasteiger charge is 2.23. The smallest absolute Gasteiger partial charge is 0.270 e. The maximum absolute atomic E-state index is 12.5. The first-order valence-electron chi connectivity index (χ1n) is 7.31. The van der Waals surface area contributed by atoms with Crippen molar-refractivity contribution >= 4 is 17.2 Å². The minimum atomic E-state index is 0.154. The van der Waals surface area contributed by atoms with E-state index < -0.39 is 0 Å². The molecule has 0 N–H and O–H groups in total. The van der Waals surface area contributed by atoms with Crippen LogP contribution in [0.3, 0.4) is 0 Å². The zero-order valence-electron chi connectivity index (χ0n) is 12.6. The van der Waals surface area contributed by atoms with Gasteiger partial charge in [0.15, 0.2) is 0 Å². The van der Waals surface area contributed by atoms with Crippen molar-refractivity contribution in [2.24, 2.45) is 7.05 Å². The van der Waals surface area contributed by atoms with Crippen molar-refractivity contribution in [1.29, 1.82) is 0 Å². The molecule has 1 amide bonds. The van der Waals surface area contributed by atoms with Crippen LogP contribution in [-0.2, 0) is 13.6 Å². The lowest BCUT2D eigenvalue weighted by Crippen LogP contribution is -2.48. The van der Waals surface area contributed by atoms with Crippen molar-refractivity contribution < 1.29 is 4.79 Å². The van der Waals surface area contributed by atoms with Gasteiger partial charge < -0.3 is 9.47 Å². The van der Waals surface area contributed by atoms with Crippen LogP contribution in [0.5, 0.6) is 0 Å². The summed E-state index contributed by atoms with van der Waals surface area (Å²) in [6.07, 6.45) is 0. The van der Waals surface area contributed by atoms with E-state index in [1.54, 1.807) is 11.3 Å². The number of thiophene rings is 1. The van der Waals surface area contributed by atoms with Crippen molar-refractivity contribution in [3.8, 4) is 0 Å². The van der Waals surface area contributed by atoms with Crippen LogP contribution < -0.4 is 0 Å². The summed E-state index contributed by atoms with van der Waals surface area (Å²) < 4.78 is 1.97.